The van der Waals surface area contributed by atoms with E-state index in [-0.39, 0.29) is 0 Å². The largest absolute Gasteiger partial charge is 0.481 e. The molecule has 0 spiro atoms. The van der Waals surface area contributed by atoms with Gasteiger partial charge in [0.25, 0.3) is 0 Å². The summed E-state index contributed by atoms with van der Waals surface area (Å²) in [5.41, 5.74) is 2.62. The van der Waals surface area contributed by atoms with Gasteiger partial charge in [0.05, 0.1) is 7.11 Å². The number of ether oxygens (including phenoxy) is 1. The Kier molecular flexibility index (Phi) is 3.14. The number of hydrogen-bond acceptors (Lipinski definition) is 5. The van der Waals surface area contributed by atoms with Crippen LogP contribution in [0.1, 0.15) is 11.3 Å². The normalized spacial score (nSPS) is 10.3. The number of nitrogens with zero attached hydrogens (tertiary/aromatic N) is 3. The van der Waals surface area contributed by atoms with Gasteiger partial charge >= 0.3 is 0 Å². The molecule has 0 aliphatic rings. The molecule has 0 aromatic carbocycles. The fourth-order valence-electron chi connectivity index (χ4n) is 1.35. The summed E-state index contributed by atoms with van der Waals surface area (Å²) in [6.45, 7) is 3.89. The molecule has 0 saturated carbocycles. The third-order valence-electron chi connectivity index (χ3n) is 2.50. The van der Waals surface area contributed by atoms with Crippen molar-refractivity contribution < 1.29 is 4.74 Å². The molecule has 0 unspecified atom stereocenters. The molecule has 2 aromatic rings. The van der Waals surface area contributed by atoms with Gasteiger partial charge in [-0.3, -0.25) is 0 Å². The number of methoxy groups -OCH3 is 1. The quantitative estimate of drug-likeness (QED) is 0.826. The van der Waals surface area contributed by atoms with Crippen LogP contribution in [-0.4, -0.2) is 27.0 Å². The molecule has 2 rings (SSSR count). The Bertz CT molecular complexity index is 609. The molecule has 17 heavy (non-hydrogen) atoms. The molecule has 88 valence electrons. The smallest absolute Gasteiger partial charge is 0.216 e. The molecule has 0 amide bonds. The van der Waals surface area contributed by atoms with Gasteiger partial charge in [0.15, 0.2) is 5.82 Å². The van der Waals surface area contributed by atoms with Crippen molar-refractivity contribution in [2.75, 3.05) is 7.11 Å². The van der Waals surface area contributed by atoms with Gasteiger partial charge in [-0.15, -0.1) is 0 Å². The van der Waals surface area contributed by atoms with Crippen LogP contribution in [0.5, 0.6) is 5.88 Å². The Morgan fingerprint density at radius 3 is 2.71 bits per heavy atom. The van der Waals surface area contributed by atoms with Gasteiger partial charge < -0.3 is 9.72 Å². The number of aromatic amines is 1. The first-order valence-corrected chi connectivity index (χ1v) is 5.46. The van der Waals surface area contributed by atoms with Gasteiger partial charge in [0.2, 0.25) is 5.88 Å². The molecule has 0 aliphatic carbocycles. The molecule has 0 fully saturated rings. The first-order chi connectivity index (χ1) is 8.11. The first-order valence-electron chi connectivity index (χ1n) is 5.05. The molecule has 0 saturated heterocycles. The SMILES string of the molecule is COc1cc(-c2nc(=S)c(C)c(C)[nH]2)ncn1. The van der Waals surface area contributed by atoms with Gasteiger partial charge in [-0.1, -0.05) is 12.2 Å². The lowest BCUT2D eigenvalue weighted by Gasteiger charge is -2.05. The standard InChI is InChI=1S/C11H12N4OS/c1-6-7(2)14-10(15-11(6)17)8-4-9(16-3)13-5-12-8/h4-5H,1-3H3,(H,14,15,17). The maximum atomic E-state index is 5.18. The zero-order valence-corrected chi connectivity index (χ0v) is 10.6. The average molecular weight is 248 g/mol. The minimum absolute atomic E-state index is 0.495. The lowest BCUT2D eigenvalue weighted by molar-refractivity contribution is 0.397. The van der Waals surface area contributed by atoms with Gasteiger partial charge in [0, 0.05) is 17.3 Å². The highest BCUT2D eigenvalue weighted by atomic mass is 32.1. The highest BCUT2D eigenvalue weighted by Crippen LogP contribution is 2.17. The Hall–Kier alpha value is -1.82. The number of aromatic nitrogens is 4. The van der Waals surface area contributed by atoms with Crippen molar-refractivity contribution in [1.82, 2.24) is 19.9 Å². The maximum Gasteiger partial charge on any atom is 0.216 e. The van der Waals surface area contributed by atoms with E-state index in [9.17, 15) is 0 Å². The van der Waals surface area contributed by atoms with Gasteiger partial charge in [0.1, 0.15) is 16.7 Å². The number of nitrogens with one attached hydrogen (secondary N) is 1. The summed E-state index contributed by atoms with van der Waals surface area (Å²) in [6.07, 6.45) is 1.43. The molecule has 0 bridgehead atoms. The lowest BCUT2D eigenvalue weighted by atomic mass is 10.2. The fourth-order valence-corrected chi connectivity index (χ4v) is 1.59. The second-order valence-electron chi connectivity index (χ2n) is 3.59. The Balaban J connectivity index is 2.56. The summed E-state index contributed by atoms with van der Waals surface area (Å²) in [5.74, 6) is 1.12. The third-order valence-corrected chi connectivity index (χ3v) is 2.89. The fraction of sp³-hybridized carbons (Fsp3) is 0.273. The molecule has 0 aliphatic heterocycles. The lowest BCUT2D eigenvalue weighted by Crippen LogP contribution is -1.99. The highest BCUT2D eigenvalue weighted by molar-refractivity contribution is 7.71. The zero-order chi connectivity index (χ0) is 12.4. The molecule has 0 radical (unpaired) electrons. The van der Waals surface area contributed by atoms with Crippen molar-refractivity contribution in [2.24, 2.45) is 0 Å². The summed E-state index contributed by atoms with van der Waals surface area (Å²) in [4.78, 5) is 15.5. The Morgan fingerprint density at radius 2 is 2.06 bits per heavy atom. The highest BCUT2D eigenvalue weighted by Gasteiger charge is 2.06. The van der Waals surface area contributed by atoms with Crippen LogP contribution in [0.2, 0.25) is 0 Å². The zero-order valence-electron chi connectivity index (χ0n) is 9.81. The minimum atomic E-state index is 0.495. The van der Waals surface area contributed by atoms with E-state index in [0.29, 0.717) is 22.0 Å². The molecular weight excluding hydrogens is 236 g/mol. The van der Waals surface area contributed by atoms with E-state index in [1.807, 2.05) is 13.8 Å². The monoisotopic (exact) mass is 248 g/mol. The second kappa shape index (κ2) is 4.58. The molecule has 5 nitrogen and oxygen atoms in total. The maximum absolute atomic E-state index is 5.18. The van der Waals surface area contributed by atoms with Crippen molar-refractivity contribution in [3.63, 3.8) is 0 Å². The van der Waals surface area contributed by atoms with E-state index in [0.717, 1.165) is 11.3 Å². The van der Waals surface area contributed by atoms with Gasteiger partial charge in [-0.2, -0.15) is 0 Å². The van der Waals surface area contributed by atoms with Crippen LogP contribution >= 0.6 is 12.2 Å². The molecule has 0 atom stereocenters. The van der Waals surface area contributed by atoms with Crippen LogP contribution in [0, 0.1) is 18.5 Å². The first kappa shape index (κ1) is 11.7. The van der Waals surface area contributed by atoms with E-state index < -0.39 is 0 Å². The van der Waals surface area contributed by atoms with Crippen LogP contribution in [0.15, 0.2) is 12.4 Å². The van der Waals surface area contributed by atoms with Gasteiger partial charge in [-0.05, 0) is 13.8 Å². The van der Waals surface area contributed by atoms with Crippen molar-refractivity contribution >= 4 is 12.2 Å². The van der Waals surface area contributed by atoms with E-state index in [2.05, 4.69) is 19.9 Å². The topological polar surface area (TPSA) is 63.7 Å². The van der Waals surface area contributed by atoms with E-state index in [1.54, 1.807) is 13.2 Å². The van der Waals surface area contributed by atoms with Gasteiger partial charge in [-0.25, -0.2) is 15.0 Å². The number of hydrogen-bond donors (Lipinski definition) is 1. The Labute approximate surface area is 104 Å². The minimum Gasteiger partial charge on any atom is -0.481 e. The van der Waals surface area contributed by atoms with Crippen LogP contribution in [0.3, 0.4) is 0 Å². The molecular formula is C11H12N4OS. The van der Waals surface area contributed by atoms with Crippen LogP contribution in [0.25, 0.3) is 11.5 Å². The molecule has 2 aromatic heterocycles. The van der Waals surface area contributed by atoms with E-state index in [1.165, 1.54) is 6.33 Å². The van der Waals surface area contributed by atoms with Crippen molar-refractivity contribution in [3.8, 4) is 17.4 Å². The van der Waals surface area contributed by atoms with E-state index in [4.69, 9.17) is 17.0 Å². The molecule has 1 N–H and O–H groups in total. The molecule has 6 heteroatoms. The van der Waals surface area contributed by atoms with Crippen LogP contribution in [0.4, 0.5) is 0 Å². The predicted octanol–water partition coefficient (Wildman–Crippen LogP) is 2.22. The van der Waals surface area contributed by atoms with Crippen molar-refractivity contribution in [2.45, 2.75) is 13.8 Å². The summed E-state index contributed by atoms with van der Waals surface area (Å²) in [6, 6.07) is 1.71. The third kappa shape index (κ3) is 2.31. The predicted molar refractivity (Wildman–Crippen MR) is 66.5 cm³/mol. The molecule has 2 heterocycles. The van der Waals surface area contributed by atoms with Crippen molar-refractivity contribution in [1.29, 1.82) is 0 Å². The number of H-pyrrole nitrogens is 1. The summed E-state index contributed by atoms with van der Waals surface area (Å²) in [5, 5.41) is 0. The van der Waals surface area contributed by atoms with Crippen LogP contribution < -0.4 is 4.74 Å². The van der Waals surface area contributed by atoms with E-state index >= 15 is 0 Å². The summed E-state index contributed by atoms with van der Waals surface area (Å²) >= 11 is 5.18. The Morgan fingerprint density at radius 1 is 1.29 bits per heavy atom. The average Bonchev–Trinajstić information content (AvgIpc) is 2.35. The van der Waals surface area contributed by atoms with Crippen LogP contribution in [-0.2, 0) is 0 Å². The number of rotatable bonds is 2. The summed E-state index contributed by atoms with van der Waals surface area (Å²) < 4.78 is 5.62. The summed E-state index contributed by atoms with van der Waals surface area (Å²) in [7, 11) is 1.56. The van der Waals surface area contributed by atoms with Crippen molar-refractivity contribution in [3.05, 3.63) is 28.3 Å². The second-order valence-corrected chi connectivity index (χ2v) is 3.97. The number of aryl methyl sites for hydroxylation is 1.